The number of carbonyl (C=O) groups excluding carboxylic acids is 1. The Kier molecular flexibility index (Phi) is 11.1. The van der Waals surface area contributed by atoms with Gasteiger partial charge < -0.3 is 15.0 Å². The van der Waals surface area contributed by atoms with Gasteiger partial charge in [-0.25, -0.2) is 4.79 Å². The highest BCUT2D eigenvalue weighted by atomic mass is 35.5. The predicted octanol–water partition coefficient (Wildman–Crippen LogP) is 1.11. The predicted molar refractivity (Wildman–Crippen MR) is 55.4 cm³/mol. The summed E-state index contributed by atoms with van der Waals surface area (Å²) in [6, 6.07) is 0. The second-order valence-corrected chi connectivity index (χ2v) is 2.64. The van der Waals surface area contributed by atoms with Crippen LogP contribution in [-0.4, -0.2) is 44.8 Å². The minimum Gasteiger partial charge on any atom is -0.448 e. The van der Waals surface area contributed by atoms with Crippen molar-refractivity contribution in [3.05, 3.63) is 0 Å². The van der Waals surface area contributed by atoms with Crippen molar-refractivity contribution in [2.45, 2.75) is 13.3 Å². The lowest BCUT2D eigenvalue weighted by Gasteiger charge is -2.15. The molecule has 0 fully saturated rings. The second kappa shape index (κ2) is 9.61. The van der Waals surface area contributed by atoms with Gasteiger partial charge in [0.1, 0.15) is 6.61 Å². The van der Waals surface area contributed by atoms with Gasteiger partial charge in [0.2, 0.25) is 0 Å². The molecule has 1 N–H and O–H groups in total. The van der Waals surface area contributed by atoms with Gasteiger partial charge in [-0.05, 0) is 13.5 Å². The van der Waals surface area contributed by atoms with E-state index in [1.165, 1.54) is 0 Å². The smallest absolute Gasteiger partial charge is 0.409 e. The molecule has 4 nitrogen and oxygen atoms in total. The highest BCUT2D eigenvalue weighted by molar-refractivity contribution is 5.85. The quantitative estimate of drug-likeness (QED) is 0.692. The van der Waals surface area contributed by atoms with E-state index < -0.39 is 0 Å². The average molecular weight is 211 g/mol. The Morgan fingerprint density at radius 3 is 2.62 bits per heavy atom. The molecule has 80 valence electrons. The topological polar surface area (TPSA) is 41.6 Å². The van der Waals surface area contributed by atoms with E-state index >= 15 is 0 Å². The van der Waals surface area contributed by atoms with Gasteiger partial charge in [0.25, 0.3) is 0 Å². The largest absolute Gasteiger partial charge is 0.448 e. The maximum Gasteiger partial charge on any atom is 0.409 e. The molecule has 0 spiro atoms. The molecule has 0 aliphatic rings. The van der Waals surface area contributed by atoms with Crippen LogP contribution in [0.1, 0.15) is 13.3 Å². The molecule has 0 heterocycles. The molecule has 0 unspecified atom stereocenters. The van der Waals surface area contributed by atoms with Gasteiger partial charge in [-0.1, -0.05) is 6.92 Å². The SMILES string of the molecule is CCCN(C)C(=O)OCCNC.Cl. The molecule has 0 saturated heterocycles. The molecule has 0 aromatic heterocycles. The standard InChI is InChI=1S/C8H18N2O2.ClH/c1-4-6-10(3)8(11)12-7-5-9-2;/h9H,4-7H2,1-3H3;1H. The first-order valence-corrected chi connectivity index (χ1v) is 4.24. The van der Waals surface area contributed by atoms with Crippen LogP contribution in [0.4, 0.5) is 4.79 Å². The van der Waals surface area contributed by atoms with Crippen molar-refractivity contribution in [1.29, 1.82) is 0 Å². The summed E-state index contributed by atoms with van der Waals surface area (Å²) in [6.45, 7) is 3.91. The van der Waals surface area contributed by atoms with Gasteiger partial charge in [0.15, 0.2) is 0 Å². The van der Waals surface area contributed by atoms with Crippen molar-refractivity contribution in [3.8, 4) is 0 Å². The van der Waals surface area contributed by atoms with Crippen LogP contribution >= 0.6 is 12.4 Å². The Morgan fingerprint density at radius 2 is 2.15 bits per heavy atom. The molecule has 5 heteroatoms. The molecule has 0 aliphatic carbocycles. The maximum absolute atomic E-state index is 11.1. The van der Waals surface area contributed by atoms with Crippen molar-refractivity contribution in [2.24, 2.45) is 0 Å². The second-order valence-electron chi connectivity index (χ2n) is 2.64. The first-order valence-electron chi connectivity index (χ1n) is 4.24. The lowest BCUT2D eigenvalue weighted by atomic mass is 10.5. The zero-order valence-electron chi connectivity index (χ0n) is 8.50. The summed E-state index contributed by atoms with van der Waals surface area (Å²) in [5.41, 5.74) is 0. The number of likely N-dealkylation sites (N-methyl/N-ethyl adjacent to an activating group) is 1. The van der Waals surface area contributed by atoms with Crippen LogP contribution in [-0.2, 0) is 4.74 Å². The number of hydrogen-bond donors (Lipinski definition) is 1. The number of carbonyl (C=O) groups is 1. The number of halogens is 1. The number of hydrogen-bond acceptors (Lipinski definition) is 3. The van der Waals surface area contributed by atoms with Crippen LogP contribution in [0.3, 0.4) is 0 Å². The fraction of sp³-hybridized carbons (Fsp3) is 0.875. The minimum absolute atomic E-state index is 0. The van der Waals surface area contributed by atoms with Crippen molar-refractivity contribution in [1.82, 2.24) is 10.2 Å². The van der Waals surface area contributed by atoms with Gasteiger partial charge >= 0.3 is 6.09 Å². The van der Waals surface area contributed by atoms with E-state index in [0.717, 1.165) is 13.0 Å². The maximum atomic E-state index is 11.1. The van der Waals surface area contributed by atoms with Crippen LogP contribution in [0, 0.1) is 0 Å². The number of rotatable bonds is 5. The van der Waals surface area contributed by atoms with Gasteiger partial charge in [0, 0.05) is 20.1 Å². The highest BCUT2D eigenvalue weighted by Gasteiger charge is 2.06. The first-order chi connectivity index (χ1) is 5.72. The normalized spacial score (nSPS) is 8.85. The minimum atomic E-state index is -0.243. The van der Waals surface area contributed by atoms with Crippen LogP contribution in [0.15, 0.2) is 0 Å². The molecule has 0 saturated carbocycles. The Hall–Kier alpha value is -0.480. The number of nitrogens with one attached hydrogen (secondary N) is 1. The Balaban J connectivity index is 0. The zero-order chi connectivity index (χ0) is 9.40. The number of ether oxygens (including phenoxy) is 1. The third-order valence-electron chi connectivity index (χ3n) is 1.45. The number of amides is 1. The third-order valence-corrected chi connectivity index (χ3v) is 1.45. The summed E-state index contributed by atoms with van der Waals surface area (Å²) >= 11 is 0. The van der Waals surface area contributed by atoms with E-state index in [-0.39, 0.29) is 18.5 Å². The van der Waals surface area contributed by atoms with Gasteiger partial charge in [-0.3, -0.25) is 0 Å². The van der Waals surface area contributed by atoms with Crippen molar-refractivity contribution >= 4 is 18.5 Å². The molecule has 0 bridgehead atoms. The molecule has 0 aliphatic heterocycles. The van der Waals surface area contributed by atoms with E-state index in [1.807, 2.05) is 14.0 Å². The van der Waals surface area contributed by atoms with Crippen molar-refractivity contribution in [3.63, 3.8) is 0 Å². The van der Waals surface area contributed by atoms with Gasteiger partial charge in [-0.15, -0.1) is 12.4 Å². The van der Waals surface area contributed by atoms with Crippen LogP contribution in [0.5, 0.6) is 0 Å². The van der Waals surface area contributed by atoms with E-state index in [1.54, 1.807) is 11.9 Å². The lowest BCUT2D eigenvalue weighted by Crippen LogP contribution is -2.30. The van der Waals surface area contributed by atoms with Crippen molar-refractivity contribution in [2.75, 3.05) is 33.8 Å². The Labute approximate surface area is 86.0 Å². The summed E-state index contributed by atoms with van der Waals surface area (Å²) in [4.78, 5) is 12.7. The van der Waals surface area contributed by atoms with E-state index in [0.29, 0.717) is 13.2 Å². The van der Waals surface area contributed by atoms with Gasteiger partial charge in [0.05, 0.1) is 0 Å². The summed E-state index contributed by atoms with van der Waals surface area (Å²) in [7, 11) is 3.56. The fourth-order valence-electron chi connectivity index (χ4n) is 0.777. The average Bonchev–Trinajstić information content (AvgIpc) is 2.05. The molecular weight excluding hydrogens is 192 g/mol. The molecule has 0 rings (SSSR count). The third kappa shape index (κ3) is 7.87. The summed E-state index contributed by atoms with van der Waals surface area (Å²) < 4.78 is 4.92. The van der Waals surface area contributed by atoms with Crippen LogP contribution in [0.25, 0.3) is 0 Å². The fourth-order valence-corrected chi connectivity index (χ4v) is 0.777. The summed E-state index contributed by atoms with van der Waals surface area (Å²) in [5, 5.41) is 2.90. The molecule has 0 aromatic carbocycles. The lowest BCUT2D eigenvalue weighted by molar-refractivity contribution is 0.112. The first kappa shape index (κ1) is 15.0. The van der Waals surface area contributed by atoms with Gasteiger partial charge in [-0.2, -0.15) is 0 Å². The monoisotopic (exact) mass is 210 g/mol. The molecule has 1 amide bonds. The van der Waals surface area contributed by atoms with E-state index in [4.69, 9.17) is 4.74 Å². The van der Waals surface area contributed by atoms with Crippen molar-refractivity contribution < 1.29 is 9.53 Å². The number of nitrogens with zero attached hydrogens (tertiary/aromatic N) is 1. The summed E-state index contributed by atoms with van der Waals surface area (Å²) in [5.74, 6) is 0. The zero-order valence-corrected chi connectivity index (χ0v) is 9.32. The molecule has 0 aromatic rings. The van der Waals surface area contributed by atoms with Crippen LogP contribution < -0.4 is 5.32 Å². The van der Waals surface area contributed by atoms with E-state index in [9.17, 15) is 4.79 Å². The van der Waals surface area contributed by atoms with E-state index in [2.05, 4.69) is 5.32 Å². The van der Waals surface area contributed by atoms with Crippen LogP contribution in [0.2, 0.25) is 0 Å². The Bertz CT molecular complexity index is 133. The Morgan fingerprint density at radius 1 is 1.54 bits per heavy atom. The molecule has 0 atom stereocenters. The molecule has 13 heavy (non-hydrogen) atoms. The molecule has 0 radical (unpaired) electrons. The highest BCUT2D eigenvalue weighted by Crippen LogP contribution is 1.91. The summed E-state index contributed by atoms with van der Waals surface area (Å²) in [6.07, 6.45) is 0.713. The molecular formula is C8H19ClN2O2.